The first-order chi connectivity index (χ1) is 11.4. The summed E-state index contributed by atoms with van der Waals surface area (Å²) < 4.78 is 0. The molecule has 148 valence electrons. The summed E-state index contributed by atoms with van der Waals surface area (Å²) >= 11 is 6.18. The van der Waals surface area contributed by atoms with Crippen LogP contribution in [0.25, 0.3) is 0 Å². The van der Waals surface area contributed by atoms with E-state index in [0.717, 1.165) is 0 Å². The summed E-state index contributed by atoms with van der Waals surface area (Å²) in [6.07, 6.45) is 0.385. The molecular weight excluding hydrogens is 373 g/mol. The highest BCUT2D eigenvalue weighted by atomic mass is 35.5. The maximum absolute atomic E-state index is 12.6. The molecule has 0 aliphatic heterocycles. The van der Waals surface area contributed by atoms with Crippen molar-refractivity contribution in [3.05, 3.63) is 28.8 Å². The number of nitrogens with two attached hydrogens (primary N) is 1. The highest BCUT2D eigenvalue weighted by Crippen LogP contribution is 2.24. The number of hydrogen-bond donors (Lipinski definition) is 3. The van der Waals surface area contributed by atoms with Gasteiger partial charge in [0.25, 0.3) is 5.91 Å². The van der Waals surface area contributed by atoms with Crippen LogP contribution in [0.1, 0.15) is 58.3 Å². The Morgan fingerprint density at radius 3 is 2.23 bits per heavy atom. The third kappa shape index (κ3) is 7.14. The van der Waals surface area contributed by atoms with Crippen molar-refractivity contribution < 1.29 is 9.59 Å². The van der Waals surface area contributed by atoms with E-state index in [2.05, 4.69) is 10.6 Å². The Morgan fingerprint density at radius 1 is 1.19 bits per heavy atom. The van der Waals surface area contributed by atoms with Crippen LogP contribution in [-0.2, 0) is 4.79 Å². The Bertz CT molecular complexity index is 642. The average Bonchev–Trinajstić information content (AvgIpc) is 2.46. The Labute approximate surface area is 167 Å². The second-order valence-corrected chi connectivity index (χ2v) is 8.62. The van der Waals surface area contributed by atoms with Crippen LogP contribution >= 0.6 is 24.0 Å². The molecule has 0 fully saturated rings. The van der Waals surface area contributed by atoms with Gasteiger partial charge < -0.3 is 16.4 Å². The van der Waals surface area contributed by atoms with E-state index in [1.54, 1.807) is 18.2 Å². The maximum Gasteiger partial charge on any atom is 0.253 e. The molecule has 0 spiro atoms. The first kappa shape index (κ1) is 24.7. The van der Waals surface area contributed by atoms with E-state index < -0.39 is 5.54 Å². The lowest BCUT2D eigenvalue weighted by Crippen LogP contribution is -2.55. The van der Waals surface area contributed by atoms with Crippen molar-refractivity contribution in [3.8, 4) is 0 Å². The van der Waals surface area contributed by atoms with Crippen LogP contribution in [0.3, 0.4) is 0 Å². The third-order valence-electron chi connectivity index (χ3n) is 4.28. The summed E-state index contributed by atoms with van der Waals surface area (Å²) in [7, 11) is 0. The molecule has 0 saturated carbocycles. The van der Waals surface area contributed by atoms with Crippen LogP contribution in [0.5, 0.6) is 0 Å². The summed E-state index contributed by atoms with van der Waals surface area (Å²) in [5.74, 6) is -0.247. The fraction of sp³-hybridized carbons (Fsp3) is 0.579. The van der Waals surface area contributed by atoms with E-state index in [-0.39, 0.29) is 35.6 Å². The Hall–Kier alpha value is -1.30. The molecule has 2 amide bonds. The van der Waals surface area contributed by atoms with Gasteiger partial charge in [0.05, 0.1) is 16.1 Å². The van der Waals surface area contributed by atoms with E-state index in [9.17, 15) is 9.59 Å². The molecule has 1 rings (SSSR count). The summed E-state index contributed by atoms with van der Waals surface area (Å²) in [6.45, 7) is 12.2. The van der Waals surface area contributed by atoms with Crippen molar-refractivity contribution in [2.24, 2.45) is 17.1 Å². The standard InChI is InChI=1S/C19H30ClN3O2.ClH/c1-12(2)19(6,11-21)23-17(25)14-9-13(7-8-15(14)20)22-16(24)10-18(3,4)5;/h7-9,12H,10-11,21H2,1-6H3,(H,22,24)(H,23,25);1H. The van der Waals surface area contributed by atoms with Crippen LogP contribution in [0.2, 0.25) is 5.02 Å². The van der Waals surface area contributed by atoms with Crippen molar-refractivity contribution in [1.82, 2.24) is 5.32 Å². The lowest BCUT2D eigenvalue weighted by Gasteiger charge is -2.33. The molecule has 0 aliphatic carbocycles. The quantitative estimate of drug-likeness (QED) is 0.663. The Kier molecular flexibility index (Phi) is 9.10. The number of nitrogens with one attached hydrogen (secondary N) is 2. The van der Waals surface area contributed by atoms with Gasteiger partial charge in [-0.25, -0.2) is 0 Å². The fourth-order valence-electron chi connectivity index (χ4n) is 2.22. The summed E-state index contributed by atoms with van der Waals surface area (Å²) in [6, 6.07) is 4.89. The second kappa shape index (κ2) is 9.58. The number of carbonyl (C=O) groups excluding carboxylic acids is 2. The third-order valence-corrected chi connectivity index (χ3v) is 4.61. The van der Waals surface area contributed by atoms with Gasteiger partial charge in [-0.2, -0.15) is 0 Å². The molecule has 4 N–H and O–H groups in total. The minimum atomic E-state index is -0.536. The van der Waals surface area contributed by atoms with Crippen molar-refractivity contribution in [2.45, 2.75) is 53.5 Å². The zero-order valence-corrected chi connectivity index (χ0v) is 18.0. The van der Waals surface area contributed by atoms with Crippen molar-refractivity contribution >= 4 is 41.5 Å². The van der Waals surface area contributed by atoms with Crippen LogP contribution in [-0.4, -0.2) is 23.9 Å². The molecule has 0 radical (unpaired) electrons. The van der Waals surface area contributed by atoms with Gasteiger partial charge in [-0.1, -0.05) is 46.2 Å². The van der Waals surface area contributed by atoms with E-state index in [4.69, 9.17) is 17.3 Å². The van der Waals surface area contributed by atoms with Crippen molar-refractivity contribution in [1.29, 1.82) is 0 Å². The van der Waals surface area contributed by atoms with Gasteiger partial charge >= 0.3 is 0 Å². The normalized spacial score (nSPS) is 13.6. The molecule has 26 heavy (non-hydrogen) atoms. The number of anilines is 1. The number of rotatable bonds is 6. The van der Waals surface area contributed by atoms with Crippen LogP contribution < -0.4 is 16.4 Å². The molecule has 5 nitrogen and oxygen atoms in total. The van der Waals surface area contributed by atoms with E-state index in [1.807, 2.05) is 41.5 Å². The zero-order valence-electron chi connectivity index (χ0n) is 16.4. The molecule has 0 aromatic heterocycles. The first-order valence-electron chi connectivity index (χ1n) is 8.50. The van der Waals surface area contributed by atoms with Gasteiger partial charge in [0.1, 0.15) is 0 Å². The van der Waals surface area contributed by atoms with E-state index >= 15 is 0 Å². The summed E-state index contributed by atoms with van der Waals surface area (Å²) in [5.41, 5.74) is 6.03. The van der Waals surface area contributed by atoms with Crippen LogP contribution in [0, 0.1) is 11.3 Å². The Morgan fingerprint density at radius 2 is 1.77 bits per heavy atom. The van der Waals surface area contributed by atoms with E-state index in [0.29, 0.717) is 29.2 Å². The minimum absolute atomic E-state index is 0. The van der Waals surface area contributed by atoms with Crippen molar-refractivity contribution in [2.75, 3.05) is 11.9 Å². The molecule has 1 aromatic rings. The predicted molar refractivity (Wildman–Crippen MR) is 111 cm³/mol. The Balaban J connectivity index is 0.00000625. The molecule has 0 aliphatic rings. The lowest BCUT2D eigenvalue weighted by atomic mass is 9.88. The number of halogens is 2. The number of amides is 2. The molecule has 0 heterocycles. The number of benzene rings is 1. The summed E-state index contributed by atoms with van der Waals surface area (Å²) in [4.78, 5) is 24.7. The van der Waals surface area contributed by atoms with Gasteiger partial charge in [0.15, 0.2) is 0 Å². The summed E-state index contributed by atoms with van der Waals surface area (Å²) in [5, 5.41) is 6.10. The largest absolute Gasteiger partial charge is 0.345 e. The van der Waals surface area contributed by atoms with Gasteiger partial charge in [0.2, 0.25) is 5.91 Å². The second-order valence-electron chi connectivity index (χ2n) is 8.21. The number of hydrogen-bond acceptors (Lipinski definition) is 3. The SMILES string of the molecule is CC(C)C(C)(CN)NC(=O)c1cc(NC(=O)CC(C)(C)C)ccc1Cl.Cl. The zero-order chi connectivity index (χ0) is 19.4. The average molecular weight is 404 g/mol. The number of carbonyl (C=O) groups is 2. The topological polar surface area (TPSA) is 84.2 Å². The molecule has 1 atom stereocenters. The molecule has 0 saturated heterocycles. The highest BCUT2D eigenvalue weighted by Gasteiger charge is 2.29. The molecular formula is C19H31Cl2N3O2. The lowest BCUT2D eigenvalue weighted by molar-refractivity contribution is -0.117. The fourth-order valence-corrected chi connectivity index (χ4v) is 2.43. The smallest absolute Gasteiger partial charge is 0.253 e. The van der Waals surface area contributed by atoms with E-state index in [1.165, 1.54) is 0 Å². The van der Waals surface area contributed by atoms with Gasteiger partial charge in [0, 0.05) is 18.7 Å². The minimum Gasteiger partial charge on any atom is -0.345 e. The molecule has 7 heteroatoms. The molecule has 0 bridgehead atoms. The van der Waals surface area contributed by atoms with Gasteiger partial charge in [-0.05, 0) is 36.5 Å². The van der Waals surface area contributed by atoms with Gasteiger partial charge in [-0.3, -0.25) is 9.59 Å². The molecule has 1 aromatic carbocycles. The van der Waals surface area contributed by atoms with Gasteiger partial charge in [-0.15, -0.1) is 12.4 Å². The highest BCUT2D eigenvalue weighted by molar-refractivity contribution is 6.34. The first-order valence-corrected chi connectivity index (χ1v) is 8.88. The monoisotopic (exact) mass is 403 g/mol. The van der Waals surface area contributed by atoms with Crippen LogP contribution in [0.15, 0.2) is 18.2 Å². The van der Waals surface area contributed by atoms with Crippen LogP contribution in [0.4, 0.5) is 5.69 Å². The maximum atomic E-state index is 12.6. The predicted octanol–water partition coefficient (Wildman–Crippen LogP) is 4.24. The van der Waals surface area contributed by atoms with Crippen molar-refractivity contribution in [3.63, 3.8) is 0 Å². The molecule has 1 unspecified atom stereocenters.